The quantitative estimate of drug-likeness (QED) is 0.762. The van der Waals surface area contributed by atoms with Crippen molar-refractivity contribution < 1.29 is 9.59 Å². The lowest BCUT2D eigenvalue weighted by Crippen LogP contribution is -2.34. The number of aryl methyl sites for hydroxylation is 1. The first-order chi connectivity index (χ1) is 12.1. The number of hydrogen-bond donors (Lipinski definition) is 2. The highest BCUT2D eigenvalue weighted by Gasteiger charge is 2.30. The molecule has 2 N–H and O–H groups in total. The van der Waals surface area contributed by atoms with Crippen molar-refractivity contribution in [2.45, 2.75) is 45.1 Å². The van der Waals surface area contributed by atoms with Gasteiger partial charge >= 0.3 is 0 Å². The van der Waals surface area contributed by atoms with Crippen molar-refractivity contribution in [3.63, 3.8) is 0 Å². The van der Waals surface area contributed by atoms with Gasteiger partial charge in [-0.1, -0.05) is 30.3 Å². The molecule has 2 aromatic rings. The van der Waals surface area contributed by atoms with E-state index in [0.717, 1.165) is 25.7 Å². The first kappa shape index (κ1) is 17.6. The summed E-state index contributed by atoms with van der Waals surface area (Å²) in [4.78, 5) is 28.2. The molecule has 1 aromatic heterocycles. The highest BCUT2D eigenvalue weighted by atomic mass is 32.1. The molecule has 1 fully saturated rings. The van der Waals surface area contributed by atoms with E-state index in [2.05, 4.69) is 27.8 Å². The van der Waals surface area contributed by atoms with Crippen LogP contribution in [-0.2, 0) is 22.4 Å². The maximum Gasteiger partial charge on any atom is 0.229 e. The average Bonchev–Trinajstić information content (AvgIpc) is 3.36. The second-order valence-corrected chi connectivity index (χ2v) is 7.44. The second kappa shape index (κ2) is 8.25. The molecule has 1 aromatic carbocycles. The topological polar surface area (TPSA) is 71.1 Å². The molecule has 132 valence electrons. The third kappa shape index (κ3) is 5.67. The van der Waals surface area contributed by atoms with Gasteiger partial charge in [-0.05, 0) is 38.2 Å². The third-order valence-corrected chi connectivity index (χ3v) is 4.99. The molecule has 1 heterocycles. The van der Waals surface area contributed by atoms with Crippen molar-refractivity contribution in [2.75, 3.05) is 5.32 Å². The van der Waals surface area contributed by atoms with Crippen molar-refractivity contribution in [3.05, 3.63) is 47.0 Å². The fraction of sp³-hybridized carbons (Fsp3) is 0.421. The predicted octanol–water partition coefficient (Wildman–Crippen LogP) is 3.17. The minimum Gasteiger partial charge on any atom is -0.353 e. The van der Waals surface area contributed by atoms with E-state index < -0.39 is 0 Å². The molecule has 0 bridgehead atoms. The van der Waals surface area contributed by atoms with Gasteiger partial charge < -0.3 is 10.6 Å². The number of carbonyl (C=O) groups excluding carboxylic acids is 2. The number of thiazole rings is 1. The molecule has 3 rings (SSSR count). The van der Waals surface area contributed by atoms with Crippen molar-refractivity contribution in [1.82, 2.24) is 10.3 Å². The van der Waals surface area contributed by atoms with E-state index in [1.807, 2.05) is 30.5 Å². The number of rotatable bonds is 8. The van der Waals surface area contributed by atoms with Gasteiger partial charge in [0.1, 0.15) is 0 Å². The Labute approximate surface area is 151 Å². The Morgan fingerprint density at radius 2 is 2.04 bits per heavy atom. The zero-order valence-electron chi connectivity index (χ0n) is 14.3. The zero-order valence-corrected chi connectivity index (χ0v) is 15.1. The van der Waals surface area contributed by atoms with Crippen LogP contribution in [0.5, 0.6) is 0 Å². The maximum atomic E-state index is 12.2. The molecule has 0 spiro atoms. The minimum absolute atomic E-state index is 0.0362. The first-order valence-electron chi connectivity index (χ1n) is 8.68. The molecular weight excluding hydrogens is 334 g/mol. The maximum absolute atomic E-state index is 12.2. The summed E-state index contributed by atoms with van der Waals surface area (Å²) in [5.74, 6) is 0.159. The second-order valence-electron chi connectivity index (χ2n) is 6.58. The fourth-order valence-corrected chi connectivity index (χ4v) is 3.30. The summed E-state index contributed by atoms with van der Waals surface area (Å²) >= 11 is 1.37. The van der Waals surface area contributed by atoms with Crippen LogP contribution in [0.3, 0.4) is 0 Å². The van der Waals surface area contributed by atoms with Crippen LogP contribution in [0.15, 0.2) is 35.7 Å². The molecule has 0 radical (unpaired) electrons. The number of carbonyl (C=O) groups is 2. The van der Waals surface area contributed by atoms with Gasteiger partial charge in [-0.15, -0.1) is 11.3 Å². The van der Waals surface area contributed by atoms with Gasteiger partial charge in [-0.25, -0.2) is 4.98 Å². The SMILES string of the molecule is CC(CCc1ccccc1)NC(=O)Cc1csc(NC(=O)C2CC2)n1. The van der Waals surface area contributed by atoms with Crippen molar-refractivity contribution >= 4 is 28.3 Å². The number of aromatic nitrogens is 1. The lowest BCUT2D eigenvalue weighted by Gasteiger charge is -2.13. The van der Waals surface area contributed by atoms with Crippen LogP contribution in [0.25, 0.3) is 0 Å². The van der Waals surface area contributed by atoms with Crippen LogP contribution in [0.4, 0.5) is 5.13 Å². The predicted molar refractivity (Wildman–Crippen MR) is 99.5 cm³/mol. The van der Waals surface area contributed by atoms with Crippen LogP contribution in [-0.4, -0.2) is 22.8 Å². The van der Waals surface area contributed by atoms with Gasteiger partial charge in [-0.2, -0.15) is 0 Å². The molecule has 1 aliphatic carbocycles. The summed E-state index contributed by atoms with van der Waals surface area (Å²) in [6, 6.07) is 10.4. The van der Waals surface area contributed by atoms with E-state index in [1.54, 1.807) is 0 Å². The van der Waals surface area contributed by atoms with Crippen LogP contribution < -0.4 is 10.6 Å². The van der Waals surface area contributed by atoms with E-state index in [4.69, 9.17) is 0 Å². The summed E-state index contributed by atoms with van der Waals surface area (Å²) in [5.41, 5.74) is 1.98. The molecule has 1 unspecified atom stereocenters. The molecule has 0 saturated heterocycles. The number of benzene rings is 1. The van der Waals surface area contributed by atoms with E-state index in [0.29, 0.717) is 10.8 Å². The molecule has 1 aliphatic rings. The van der Waals surface area contributed by atoms with Gasteiger partial charge in [0.25, 0.3) is 0 Å². The Balaban J connectivity index is 1.41. The molecular formula is C19H23N3O2S. The minimum atomic E-state index is -0.0362. The summed E-state index contributed by atoms with van der Waals surface area (Å²) < 4.78 is 0. The Morgan fingerprint density at radius 3 is 2.76 bits per heavy atom. The van der Waals surface area contributed by atoms with Gasteiger partial charge in [0.15, 0.2) is 5.13 Å². The number of nitrogens with one attached hydrogen (secondary N) is 2. The molecule has 1 saturated carbocycles. The van der Waals surface area contributed by atoms with Crippen LogP contribution in [0.1, 0.15) is 37.4 Å². The van der Waals surface area contributed by atoms with E-state index in [9.17, 15) is 9.59 Å². The first-order valence-corrected chi connectivity index (χ1v) is 9.56. The molecule has 2 amide bonds. The molecule has 1 atom stereocenters. The van der Waals surface area contributed by atoms with Crippen LogP contribution >= 0.6 is 11.3 Å². The average molecular weight is 357 g/mol. The van der Waals surface area contributed by atoms with Crippen molar-refractivity contribution in [2.24, 2.45) is 5.92 Å². The third-order valence-electron chi connectivity index (χ3n) is 4.19. The van der Waals surface area contributed by atoms with Gasteiger partial charge in [0.2, 0.25) is 11.8 Å². The van der Waals surface area contributed by atoms with E-state index in [-0.39, 0.29) is 30.2 Å². The monoisotopic (exact) mass is 357 g/mol. The highest BCUT2D eigenvalue weighted by Crippen LogP contribution is 2.30. The Kier molecular flexibility index (Phi) is 5.81. The Hall–Kier alpha value is -2.21. The van der Waals surface area contributed by atoms with Gasteiger partial charge in [0, 0.05) is 17.3 Å². The number of anilines is 1. The number of hydrogen-bond acceptors (Lipinski definition) is 4. The highest BCUT2D eigenvalue weighted by molar-refractivity contribution is 7.13. The molecule has 0 aliphatic heterocycles. The summed E-state index contributed by atoms with van der Waals surface area (Å²) in [6.07, 6.45) is 4.01. The summed E-state index contributed by atoms with van der Waals surface area (Å²) in [7, 11) is 0. The van der Waals surface area contributed by atoms with Gasteiger partial charge in [-0.3, -0.25) is 9.59 Å². The number of nitrogens with zero attached hydrogens (tertiary/aromatic N) is 1. The smallest absolute Gasteiger partial charge is 0.229 e. The van der Waals surface area contributed by atoms with Crippen molar-refractivity contribution in [3.8, 4) is 0 Å². The Morgan fingerprint density at radius 1 is 1.28 bits per heavy atom. The normalized spacial score (nSPS) is 14.8. The van der Waals surface area contributed by atoms with Crippen LogP contribution in [0.2, 0.25) is 0 Å². The summed E-state index contributed by atoms with van der Waals surface area (Å²) in [5, 5.41) is 8.24. The number of amides is 2. The van der Waals surface area contributed by atoms with Crippen LogP contribution in [0, 0.1) is 5.92 Å². The molecule has 25 heavy (non-hydrogen) atoms. The van der Waals surface area contributed by atoms with Crippen molar-refractivity contribution in [1.29, 1.82) is 0 Å². The Bertz CT molecular complexity index is 725. The lowest BCUT2D eigenvalue weighted by atomic mass is 10.1. The van der Waals surface area contributed by atoms with Gasteiger partial charge in [0.05, 0.1) is 12.1 Å². The zero-order chi connectivity index (χ0) is 17.6. The molecule has 6 heteroatoms. The van der Waals surface area contributed by atoms with E-state index >= 15 is 0 Å². The molecule has 5 nitrogen and oxygen atoms in total. The lowest BCUT2D eigenvalue weighted by molar-refractivity contribution is -0.121. The largest absolute Gasteiger partial charge is 0.353 e. The summed E-state index contributed by atoms with van der Waals surface area (Å²) in [6.45, 7) is 2.02. The van der Waals surface area contributed by atoms with E-state index in [1.165, 1.54) is 16.9 Å². The standard InChI is InChI=1S/C19H23N3O2S/c1-13(7-8-14-5-3-2-4-6-14)20-17(23)11-16-12-25-19(21-16)22-18(24)15-9-10-15/h2-6,12-13,15H,7-11H2,1H3,(H,20,23)(H,21,22,24). The fourth-order valence-electron chi connectivity index (χ4n) is 2.59.